The van der Waals surface area contributed by atoms with Crippen LogP contribution in [0.3, 0.4) is 0 Å². The van der Waals surface area contributed by atoms with Gasteiger partial charge in [-0.05, 0) is 30.6 Å². The van der Waals surface area contributed by atoms with Gasteiger partial charge in [0, 0.05) is 24.6 Å². The highest BCUT2D eigenvalue weighted by Gasteiger charge is 2.18. The molecule has 0 saturated heterocycles. The van der Waals surface area contributed by atoms with Gasteiger partial charge in [-0.3, -0.25) is 4.79 Å². The van der Waals surface area contributed by atoms with Gasteiger partial charge in [-0.2, -0.15) is 11.8 Å². The molecular weight excluding hydrogens is 312 g/mol. The molecule has 1 unspecified atom stereocenters. The second-order valence-electron chi connectivity index (χ2n) is 5.37. The third kappa shape index (κ3) is 4.50. The van der Waals surface area contributed by atoms with Crippen LogP contribution >= 0.6 is 11.8 Å². The summed E-state index contributed by atoms with van der Waals surface area (Å²) in [5, 5.41) is 13.4. The Hall–Kier alpha value is -1.50. The molecular formula is C17H24N2O3S. The molecule has 0 aliphatic heterocycles. The zero-order valence-electron chi connectivity index (χ0n) is 13.6. The molecule has 0 aliphatic carbocycles. The predicted octanol–water partition coefficient (Wildman–Crippen LogP) is 2.13. The Kier molecular flexibility index (Phi) is 6.95. The Morgan fingerprint density at radius 1 is 1.43 bits per heavy atom. The number of para-hydroxylation sites is 1. The molecule has 0 aliphatic rings. The highest BCUT2D eigenvalue weighted by atomic mass is 32.2. The maximum atomic E-state index is 12.6. The van der Waals surface area contributed by atoms with Crippen LogP contribution in [-0.4, -0.2) is 54.0 Å². The normalized spacial score (nSPS) is 12.5. The van der Waals surface area contributed by atoms with E-state index in [1.807, 2.05) is 41.2 Å². The lowest BCUT2D eigenvalue weighted by Crippen LogP contribution is -2.38. The third-order valence-corrected chi connectivity index (χ3v) is 4.43. The van der Waals surface area contributed by atoms with E-state index in [4.69, 9.17) is 4.74 Å². The monoisotopic (exact) mass is 336 g/mol. The zero-order valence-corrected chi connectivity index (χ0v) is 14.4. The van der Waals surface area contributed by atoms with Crippen molar-refractivity contribution in [2.24, 2.45) is 0 Å². The summed E-state index contributed by atoms with van der Waals surface area (Å²) in [6, 6.07) is 9.58. The number of rotatable bonds is 9. The number of carbonyl (C=O) groups is 1. The first kappa shape index (κ1) is 17.8. The third-order valence-electron chi connectivity index (χ3n) is 3.79. The van der Waals surface area contributed by atoms with Gasteiger partial charge in [-0.15, -0.1) is 0 Å². The molecule has 2 aromatic rings. The maximum absolute atomic E-state index is 12.6. The van der Waals surface area contributed by atoms with Gasteiger partial charge in [0.1, 0.15) is 5.69 Å². The fourth-order valence-corrected chi connectivity index (χ4v) is 3.07. The fourth-order valence-electron chi connectivity index (χ4n) is 2.55. The van der Waals surface area contributed by atoms with Gasteiger partial charge < -0.3 is 19.7 Å². The van der Waals surface area contributed by atoms with Crippen molar-refractivity contribution in [3.63, 3.8) is 0 Å². The van der Waals surface area contributed by atoms with Crippen LogP contribution in [0.15, 0.2) is 30.3 Å². The van der Waals surface area contributed by atoms with Crippen molar-refractivity contribution in [2.75, 3.05) is 32.3 Å². The molecule has 6 heteroatoms. The second kappa shape index (κ2) is 8.96. The summed E-state index contributed by atoms with van der Waals surface area (Å²) in [6.07, 6.45) is 2.76. The van der Waals surface area contributed by atoms with Crippen molar-refractivity contribution in [3.8, 4) is 0 Å². The van der Waals surface area contributed by atoms with Crippen LogP contribution in [0.4, 0.5) is 0 Å². The van der Waals surface area contributed by atoms with E-state index in [0.717, 1.165) is 23.1 Å². The number of ether oxygens (including phenoxy) is 1. The van der Waals surface area contributed by atoms with Crippen LogP contribution in [0, 0.1) is 0 Å². The van der Waals surface area contributed by atoms with Crippen LogP contribution in [0.1, 0.15) is 16.9 Å². The minimum Gasteiger partial charge on any atom is -0.394 e. The number of hydrogen-bond donors (Lipinski definition) is 2. The Bertz CT molecular complexity index is 642. The number of carbonyl (C=O) groups excluding carboxylic acids is 1. The quantitative estimate of drug-likeness (QED) is 0.736. The Morgan fingerprint density at radius 2 is 2.22 bits per heavy atom. The zero-order chi connectivity index (χ0) is 16.7. The molecule has 2 N–H and O–H groups in total. The van der Waals surface area contributed by atoms with E-state index in [1.54, 1.807) is 18.9 Å². The van der Waals surface area contributed by atoms with E-state index in [-0.39, 0.29) is 18.6 Å². The molecule has 126 valence electrons. The van der Waals surface area contributed by atoms with Gasteiger partial charge in [-0.25, -0.2) is 0 Å². The van der Waals surface area contributed by atoms with E-state index < -0.39 is 0 Å². The minimum atomic E-state index is -0.219. The number of aliphatic hydroxyl groups is 1. The molecule has 1 heterocycles. The minimum absolute atomic E-state index is 0.0510. The summed E-state index contributed by atoms with van der Waals surface area (Å²) in [4.78, 5) is 12.6. The molecule has 0 saturated carbocycles. The summed E-state index contributed by atoms with van der Waals surface area (Å²) in [7, 11) is 1.65. The smallest absolute Gasteiger partial charge is 0.268 e. The van der Waals surface area contributed by atoms with Crippen molar-refractivity contribution in [3.05, 3.63) is 36.0 Å². The number of aliphatic hydroxyl groups excluding tert-OH is 1. The fraction of sp³-hybridized carbons (Fsp3) is 0.471. The molecule has 1 atom stereocenters. The molecule has 1 amide bonds. The number of amides is 1. The topological polar surface area (TPSA) is 63.5 Å². The molecule has 0 fully saturated rings. The summed E-state index contributed by atoms with van der Waals surface area (Å²) < 4.78 is 7.13. The van der Waals surface area contributed by atoms with Crippen LogP contribution in [0.5, 0.6) is 0 Å². The number of hydrogen-bond acceptors (Lipinski definition) is 4. The first-order chi connectivity index (χ1) is 11.2. The molecule has 5 nitrogen and oxygen atoms in total. The number of nitrogens with zero attached hydrogens (tertiary/aromatic N) is 1. The van der Waals surface area contributed by atoms with E-state index in [2.05, 4.69) is 5.32 Å². The van der Waals surface area contributed by atoms with E-state index in [9.17, 15) is 9.90 Å². The molecule has 0 bridgehead atoms. The molecule has 1 aromatic heterocycles. The van der Waals surface area contributed by atoms with Crippen molar-refractivity contribution in [2.45, 2.75) is 19.0 Å². The average molecular weight is 336 g/mol. The van der Waals surface area contributed by atoms with Gasteiger partial charge in [-0.1, -0.05) is 18.2 Å². The standard InChI is InChI=1S/C17H24N2O3S/c1-22-9-8-19-15-6-4-3-5-13(15)11-16(19)17(21)18-14(12-20)7-10-23-2/h3-6,11,14,20H,7-10,12H2,1-2H3,(H,18,21). The van der Waals surface area contributed by atoms with Gasteiger partial charge in [0.05, 0.1) is 19.3 Å². The SMILES string of the molecule is COCCn1c(C(=O)NC(CO)CCSC)cc2ccccc21. The summed E-state index contributed by atoms with van der Waals surface area (Å²) in [6.45, 7) is 1.10. The lowest BCUT2D eigenvalue weighted by Gasteiger charge is -2.17. The van der Waals surface area contributed by atoms with Gasteiger partial charge >= 0.3 is 0 Å². The predicted molar refractivity (Wildman–Crippen MR) is 95.2 cm³/mol. The first-order valence-corrected chi connectivity index (χ1v) is 9.08. The van der Waals surface area contributed by atoms with Crippen LogP contribution in [0.2, 0.25) is 0 Å². The highest BCUT2D eigenvalue weighted by Crippen LogP contribution is 2.20. The lowest BCUT2D eigenvalue weighted by atomic mass is 10.2. The molecule has 2 rings (SSSR count). The summed E-state index contributed by atoms with van der Waals surface area (Å²) >= 11 is 1.70. The van der Waals surface area contributed by atoms with Crippen LogP contribution in [-0.2, 0) is 11.3 Å². The number of aromatic nitrogens is 1. The summed E-state index contributed by atoms with van der Waals surface area (Å²) in [5.74, 6) is 0.746. The summed E-state index contributed by atoms with van der Waals surface area (Å²) in [5.41, 5.74) is 1.62. The number of nitrogens with one attached hydrogen (secondary N) is 1. The molecule has 1 aromatic carbocycles. The maximum Gasteiger partial charge on any atom is 0.268 e. The number of fused-ring (bicyclic) bond motifs is 1. The van der Waals surface area contributed by atoms with Crippen molar-refractivity contribution >= 4 is 28.6 Å². The van der Waals surface area contributed by atoms with Gasteiger partial charge in [0.25, 0.3) is 5.91 Å². The molecule has 23 heavy (non-hydrogen) atoms. The van der Waals surface area contributed by atoms with E-state index >= 15 is 0 Å². The molecule has 0 spiro atoms. The van der Waals surface area contributed by atoms with E-state index in [0.29, 0.717) is 18.8 Å². The van der Waals surface area contributed by atoms with Crippen molar-refractivity contribution < 1.29 is 14.6 Å². The van der Waals surface area contributed by atoms with Crippen LogP contribution < -0.4 is 5.32 Å². The lowest BCUT2D eigenvalue weighted by molar-refractivity contribution is 0.0904. The van der Waals surface area contributed by atoms with Crippen molar-refractivity contribution in [1.82, 2.24) is 9.88 Å². The van der Waals surface area contributed by atoms with E-state index in [1.165, 1.54) is 0 Å². The molecule has 0 radical (unpaired) electrons. The highest BCUT2D eigenvalue weighted by molar-refractivity contribution is 7.98. The Labute approximate surface area is 141 Å². The van der Waals surface area contributed by atoms with Gasteiger partial charge in [0.2, 0.25) is 0 Å². The number of methoxy groups -OCH3 is 1. The van der Waals surface area contributed by atoms with Gasteiger partial charge in [0.15, 0.2) is 0 Å². The number of thioether (sulfide) groups is 1. The Morgan fingerprint density at radius 3 is 2.91 bits per heavy atom. The van der Waals surface area contributed by atoms with Crippen molar-refractivity contribution in [1.29, 1.82) is 0 Å². The largest absolute Gasteiger partial charge is 0.394 e. The second-order valence-corrected chi connectivity index (χ2v) is 6.35. The average Bonchev–Trinajstić information content (AvgIpc) is 2.95. The van der Waals surface area contributed by atoms with Crippen LogP contribution in [0.25, 0.3) is 10.9 Å². The number of benzene rings is 1. The Balaban J connectivity index is 2.24. The first-order valence-electron chi connectivity index (χ1n) is 7.69.